The van der Waals surface area contributed by atoms with Crippen molar-refractivity contribution in [1.29, 1.82) is 0 Å². The Bertz CT molecular complexity index is 300. The largest absolute Gasteiger partial charge is 0.454 e. The molecule has 0 unspecified atom stereocenters. The summed E-state index contributed by atoms with van der Waals surface area (Å²) in [4.78, 5) is 13.2. The van der Waals surface area contributed by atoms with E-state index in [0.717, 1.165) is 0 Å². The van der Waals surface area contributed by atoms with Crippen LogP contribution in [-0.4, -0.2) is 31.6 Å². The fraction of sp³-hybridized carbons (Fsp3) is 0.400. The molecule has 0 spiro atoms. The summed E-state index contributed by atoms with van der Waals surface area (Å²) in [6.45, 7) is 0.161. The highest BCUT2D eigenvalue weighted by molar-refractivity contribution is 6.40. The molecule has 1 heterocycles. The molecule has 1 aromatic heterocycles. The molecule has 7 nitrogen and oxygen atoms in total. The van der Waals surface area contributed by atoms with Crippen molar-refractivity contribution >= 4 is 13.1 Å². The Morgan fingerprint density at radius 3 is 2.92 bits per heavy atom. The van der Waals surface area contributed by atoms with Gasteiger partial charge in [-0.3, -0.25) is 0 Å². The van der Waals surface area contributed by atoms with Gasteiger partial charge in [0.1, 0.15) is 12.4 Å². The van der Waals surface area contributed by atoms with Crippen molar-refractivity contribution in [2.45, 2.75) is 12.9 Å². The monoisotopic (exact) mass is 185 g/mol. The minimum Gasteiger partial charge on any atom is -0.427 e. The minimum absolute atomic E-state index is 0.0389. The van der Waals surface area contributed by atoms with Crippen molar-refractivity contribution in [1.82, 2.24) is 9.55 Å². The zero-order valence-corrected chi connectivity index (χ0v) is 6.70. The molecule has 0 amide bonds. The highest BCUT2D eigenvalue weighted by Crippen LogP contribution is 2.08. The van der Waals surface area contributed by atoms with E-state index in [1.807, 2.05) is 0 Å². The van der Waals surface area contributed by atoms with Crippen molar-refractivity contribution in [2.75, 3.05) is 0 Å². The normalized spacial score (nSPS) is 10.0. The van der Waals surface area contributed by atoms with Gasteiger partial charge in [-0.2, -0.15) is 0 Å². The van der Waals surface area contributed by atoms with E-state index in [2.05, 4.69) is 4.98 Å². The van der Waals surface area contributed by atoms with Crippen molar-refractivity contribution in [2.24, 2.45) is 0 Å². The van der Waals surface area contributed by atoms with Gasteiger partial charge in [0.25, 0.3) is 0 Å². The zero-order valence-electron chi connectivity index (χ0n) is 6.70. The average molecular weight is 185 g/mol. The molecule has 8 heteroatoms. The van der Waals surface area contributed by atoms with Crippen molar-refractivity contribution < 1.29 is 15.0 Å². The number of aryl methyl sites for hydroxylation is 1. The molecule has 0 aliphatic heterocycles. The predicted octanol–water partition coefficient (Wildman–Crippen LogP) is -0.736. The molecular weight excluding hydrogens is 177 g/mol. The summed E-state index contributed by atoms with van der Waals surface area (Å²) in [5.74, 6) is -0.291. The van der Waals surface area contributed by atoms with E-state index in [4.69, 9.17) is 10.0 Å². The van der Waals surface area contributed by atoms with Crippen LogP contribution in [0.15, 0.2) is 12.4 Å². The third kappa shape index (κ3) is 2.53. The first-order chi connectivity index (χ1) is 6.11. The molecule has 0 fully saturated rings. The Kier molecular flexibility index (Phi) is 2.99. The number of rotatable bonds is 4. The average Bonchev–Trinajstić information content (AvgIpc) is 2.47. The summed E-state index contributed by atoms with van der Waals surface area (Å²) >= 11 is 0. The first kappa shape index (κ1) is 9.68. The quantitative estimate of drug-likeness (QED) is 0.365. The summed E-state index contributed by atoms with van der Waals surface area (Å²) in [5, 5.41) is 27.4. The van der Waals surface area contributed by atoms with Gasteiger partial charge in [0.2, 0.25) is 0 Å². The van der Waals surface area contributed by atoms with Crippen molar-refractivity contribution in [3.63, 3.8) is 0 Å². The Hall–Kier alpha value is -1.41. The minimum atomic E-state index is -1.46. The number of imidazole rings is 1. The second-order valence-electron chi connectivity index (χ2n) is 2.45. The molecule has 0 aliphatic carbocycles. The van der Waals surface area contributed by atoms with Crippen LogP contribution in [0, 0.1) is 10.1 Å². The predicted molar refractivity (Wildman–Crippen MR) is 43.9 cm³/mol. The summed E-state index contributed by atoms with van der Waals surface area (Å²) < 4.78 is 1.25. The lowest BCUT2D eigenvalue weighted by atomic mass is 9.86. The van der Waals surface area contributed by atoms with Gasteiger partial charge in [-0.15, -0.1) is 0 Å². The smallest absolute Gasteiger partial charge is 0.427 e. The number of nitrogens with zero attached hydrogens (tertiary/aromatic N) is 3. The molecular formula is C5H8BN3O4. The van der Waals surface area contributed by atoms with Gasteiger partial charge in [-0.05, 0) is 4.92 Å². The fourth-order valence-electron chi connectivity index (χ4n) is 0.902. The van der Waals surface area contributed by atoms with Gasteiger partial charge in [-0.25, -0.2) is 4.57 Å². The molecule has 70 valence electrons. The van der Waals surface area contributed by atoms with E-state index in [9.17, 15) is 10.1 Å². The molecule has 1 aromatic rings. The number of aromatic nitrogens is 2. The van der Waals surface area contributed by atoms with Gasteiger partial charge < -0.3 is 20.2 Å². The van der Waals surface area contributed by atoms with Gasteiger partial charge in [-0.1, -0.05) is 4.98 Å². The van der Waals surface area contributed by atoms with Gasteiger partial charge in [0.05, 0.1) is 6.54 Å². The Morgan fingerprint density at radius 1 is 1.69 bits per heavy atom. The molecule has 0 atom stereocenters. The van der Waals surface area contributed by atoms with Crippen molar-refractivity contribution in [3.05, 3.63) is 22.5 Å². The number of nitro groups is 1. The second kappa shape index (κ2) is 4.01. The number of hydrogen-bond donors (Lipinski definition) is 2. The fourth-order valence-corrected chi connectivity index (χ4v) is 0.902. The third-order valence-electron chi connectivity index (χ3n) is 1.49. The van der Waals surface area contributed by atoms with E-state index >= 15 is 0 Å². The Labute approximate surface area is 73.9 Å². The molecule has 0 radical (unpaired) electrons. The molecule has 1 rings (SSSR count). The Morgan fingerprint density at radius 2 is 2.38 bits per heavy atom. The molecule has 0 aliphatic rings. The maximum Gasteiger partial charge on any atom is 0.454 e. The van der Waals surface area contributed by atoms with Crippen molar-refractivity contribution in [3.8, 4) is 0 Å². The number of hydrogen-bond acceptors (Lipinski definition) is 5. The van der Waals surface area contributed by atoms with E-state index in [-0.39, 0.29) is 18.8 Å². The maximum absolute atomic E-state index is 10.3. The molecule has 13 heavy (non-hydrogen) atoms. The highest BCUT2D eigenvalue weighted by Gasteiger charge is 2.16. The summed E-state index contributed by atoms with van der Waals surface area (Å²) in [6, 6.07) is 0. The molecule has 0 aromatic carbocycles. The van der Waals surface area contributed by atoms with Gasteiger partial charge in [0, 0.05) is 6.32 Å². The first-order valence-electron chi connectivity index (χ1n) is 3.63. The van der Waals surface area contributed by atoms with Gasteiger partial charge in [0.15, 0.2) is 0 Å². The SMILES string of the molecule is O=[N+]([O-])c1nccn1CCB(O)O. The molecule has 0 saturated carbocycles. The van der Waals surface area contributed by atoms with Crippen LogP contribution >= 0.6 is 0 Å². The topological polar surface area (TPSA) is 101 Å². The van der Waals surface area contributed by atoms with Crippen LogP contribution in [0.4, 0.5) is 5.95 Å². The standard InChI is InChI=1S/C5H8BN3O4/c10-6(11)1-3-8-4-2-7-5(8)9(12)13/h2,4,10-11H,1,3H2. The molecule has 0 bridgehead atoms. The molecule has 0 saturated heterocycles. The van der Waals surface area contributed by atoms with Crippen LogP contribution in [0.5, 0.6) is 0 Å². The lowest BCUT2D eigenvalue weighted by Gasteiger charge is -1.99. The van der Waals surface area contributed by atoms with Crippen LogP contribution in [0.1, 0.15) is 0 Å². The Balaban J connectivity index is 2.65. The lowest BCUT2D eigenvalue weighted by molar-refractivity contribution is -0.396. The van der Waals surface area contributed by atoms with Crippen LogP contribution in [0.25, 0.3) is 0 Å². The second-order valence-corrected chi connectivity index (χ2v) is 2.45. The summed E-state index contributed by atoms with van der Waals surface area (Å²) in [7, 11) is -1.46. The third-order valence-corrected chi connectivity index (χ3v) is 1.49. The first-order valence-corrected chi connectivity index (χ1v) is 3.63. The van der Waals surface area contributed by atoms with E-state index in [1.54, 1.807) is 0 Å². The van der Waals surface area contributed by atoms with Crippen LogP contribution in [-0.2, 0) is 6.54 Å². The summed E-state index contributed by atoms with van der Waals surface area (Å²) in [5.41, 5.74) is 0. The van der Waals surface area contributed by atoms with E-state index < -0.39 is 12.0 Å². The van der Waals surface area contributed by atoms with Crippen LogP contribution < -0.4 is 0 Å². The van der Waals surface area contributed by atoms with E-state index in [1.165, 1.54) is 17.0 Å². The maximum atomic E-state index is 10.3. The zero-order chi connectivity index (χ0) is 9.84. The van der Waals surface area contributed by atoms with Gasteiger partial charge >= 0.3 is 13.1 Å². The van der Waals surface area contributed by atoms with E-state index in [0.29, 0.717) is 0 Å². The molecule has 2 N–H and O–H groups in total. The highest BCUT2D eigenvalue weighted by atomic mass is 16.6. The van der Waals surface area contributed by atoms with Crippen LogP contribution in [0.3, 0.4) is 0 Å². The summed E-state index contributed by atoms with van der Waals surface area (Å²) in [6.07, 6.45) is 2.75. The lowest BCUT2D eigenvalue weighted by Crippen LogP contribution is -2.14. The van der Waals surface area contributed by atoms with Crippen LogP contribution in [0.2, 0.25) is 6.32 Å².